The average Bonchev–Trinajstić information content (AvgIpc) is 2.46. The van der Waals surface area contributed by atoms with E-state index in [4.69, 9.17) is 16.9 Å². The number of nitrogens with zero attached hydrogens (tertiary/aromatic N) is 2. The van der Waals surface area contributed by atoms with Crippen LogP contribution in [-0.2, 0) is 5.88 Å². The summed E-state index contributed by atoms with van der Waals surface area (Å²) in [4.78, 5) is 2.09. The summed E-state index contributed by atoms with van der Waals surface area (Å²) in [6, 6.07) is 15.9. The van der Waals surface area contributed by atoms with Gasteiger partial charge in [-0.15, -0.1) is 11.6 Å². The molecule has 2 aromatic carbocycles. The summed E-state index contributed by atoms with van der Waals surface area (Å²) in [5.74, 6) is 0.534. The van der Waals surface area contributed by atoms with Crippen molar-refractivity contribution in [2.75, 3.05) is 11.9 Å². The topological polar surface area (TPSA) is 27.0 Å². The van der Waals surface area contributed by atoms with Crippen LogP contribution in [0.15, 0.2) is 42.5 Å². The van der Waals surface area contributed by atoms with Gasteiger partial charge in [0.05, 0.1) is 11.6 Å². The van der Waals surface area contributed by atoms with E-state index in [2.05, 4.69) is 36.1 Å². The van der Waals surface area contributed by atoms with E-state index < -0.39 is 0 Å². The number of nitriles is 1. The molecule has 2 aromatic rings. The maximum Gasteiger partial charge on any atom is 0.0991 e. The lowest BCUT2D eigenvalue weighted by Crippen LogP contribution is -2.09. The number of halogens is 1. The second-order valence-electron chi connectivity index (χ2n) is 4.46. The molecule has 0 heterocycles. The van der Waals surface area contributed by atoms with E-state index in [0.717, 1.165) is 16.9 Å². The molecular formula is C16H15ClN2. The molecule has 0 aliphatic rings. The third-order valence-corrected chi connectivity index (χ3v) is 3.53. The normalized spacial score (nSPS) is 10.0. The highest BCUT2D eigenvalue weighted by atomic mass is 35.5. The fourth-order valence-electron chi connectivity index (χ4n) is 1.95. The van der Waals surface area contributed by atoms with Gasteiger partial charge in [0.25, 0.3) is 0 Å². The quantitative estimate of drug-likeness (QED) is 0.774. The van der Waals surface area contributed by atoms with Crippen LogP contribution in [0.25, 0.3) is 0 Å². The van der Waals surface area contributed by atoms with E-state index in [1.807, 2.05) is 31.3 Å². The zero-order chi connectivity index (χ0) is 13.8. The van der Waals surface area contributed by atoms with Crippen LogP contribution in [0.4, 0.5) is 11.4 Å². The molecule has 0 aliphatic heterocycles. The van der Waals surface area contributed by atoms with E-state index >= 15 is 0 Å². The Morgan fingerprint density at radius 1 is 1.11 bits per heavy atom. The smallest absolute Gasteiger partial charge is 0.0991 e. The van der Waals surface area contributed by atoms with Crippen molar-refractivity contribution in [2.24, 2.45) is 0 Å². The Balaban J connectivity index is 2.30. The standard InChI is InChI=1S/C16H15ClN2/c1-12-9-16(8-5-14(12)10-17)19(2)15-6-3-13(11-18)4-7-15/h3-9H,10H2,1-2H3. The van der Waals surface area contributed by atoms with Gasteiger partial charge in [-0.05, 0) is 54.4 Å². The van der Waals surface area contributed by atoms with Gasteiger partial charge in [-0.2, -0.15) is 5.26 Å². The van der Waals surface area contributed by atoms with Crippen LogP contribution < -0.4 is 4.90 Å². The van der Waals surface area contributed by atoms with Gasteiger partial charge in [0.2, 0.25) is 0 Å². The monoisotopic (exact) mass is 270 g/mol. The molecule has 3 heteroatoms. The summed E-state index contributed by atoms with van der Waals surface area (Å²) in [5.41, 5.74) is 5.17. The zero-order valence-corrected chi connectivity index (χ0v) is 11.8. The van der Waals surface area contributed by atoms with E-state index in [1.165, 1.54) is 5.56 Å². The van der Waals surface area contributed by atoms with Crippen LogP contribution >= 0.6 is 11.6 Å². The van der Waals surface area contributed by atoms with Crippen LogP contribution in [0.3, 0.4) is 0 Å². The molecule has 0 spiro atoms. The molecule has 0 fully saturated rings. The molecule has 2 rings (SSSR count). The van der Waals surface area contributed by atoms with Gasteiger partial charge < -0.3 is 4.90 Å². The molecule has 0 bridgehead atoms. The third-order valence-electron chi connectivity index (χ3n) is 3.24. The van der Waals surface area contributed by atoms with Gasteiger partial charge in [-0.25, -0.2) is 0 Å². The molecule has 19 heavy (non-hydrogen) atoms. The first-order valence-corrected chi connectivity index (χ1v) is 6.58. The molecule has 0 N–H and O–H groups in total. The van der Waals surface area contributed by atoms with Gasteiger partial charge in [0.1, 0.15) is 0 Å². The Bertz CT molecular complexity index is 612. The molecule has 0 atom stereocenters. The van der Waals surface area contributed by atoms with Crippen molar-refractivity contribution in [3.05, 3.63) is 59.2 Å². The Kier molecular flexibility index (Phi) is 4.09. The second kappa shape index (κ2) is 5.77. The number of anilines is 2. The van der Waals surface area contributed by atoms with Crippen LogP contribution in [0.2, 0.25) is 0 Å². The number of rotatable bonds is 3. The lowest BCUT2D eigenvalue weighted by molar-refractivity contribution is 1.18. The van der Waals surface area contributed by atoms with Gasteiger partial charge in [-0.3, -0.25) is 0 Å². The third kappa shape index (κ3) is 2.89. The summed E-state index contributed by atoms with van der Waals surface area (Å²) in [5, 5.41) is 8.80. The molecule has 0 saturated heterocycles. The summed E-state index contributed by atoms with van der Waals surface area (Å²) in [6.07, 6.45) is 0. The van der Waals surface area contributed by atoms with Gasteiger partial charge in [-0.1, -0.05) is 6.07 Å². The number of alkyl halides is 1. The Morgan fingerprint density at radius 3 is 2.26 bits per heavy atom. The fourth-order valence-corrected chi connectivity index (χ4v) is 2.25. The van der Waals surface area contributed by atoms with E-state index in [1.54, 1.807) is 0 Å². The SMILES string of the molecule is Cc1cc(N(C)c2ccc(C#N)cc2)ccc1CCl. The number of benzene rings is 2. The number of hydrogen-bond acceptors (Lipinski definition) is 2. The molecule has 0 saturated carbocycles. The lowest BCUT2D eigenvalue weighted by atomic mass is 10.1. The van der Waals surface area contributed by atoms with Gasteiger partial charge in [0.15, 0.2) is 0 Å². The molecular weight excluding hydrogens is 256 g/mol. The largest absolute Gasteiger partial charge is 0.345 e. The van der Waals surface area contributed by atoms with Gasteiger partial charge in [0, 0.05) is 24.3 Å². The van der Waals surface area contributed by atoms with Crippen molar-refractivity contribution in [3.8, 4) is 6.07 Å². The molecule has 0 unspecified atom stereocenters. The van der Waals surface area contributed by atoms with Crippen molar-refractivity contribution in [3.63, 3.8) is 0 Å². The first-order valence-electron chi connectivity index (χ1n) is 6.05. The van der Waals surface area contributed by atoms with Crippen LogP contribution in [-0.4, -0.2) is 7.05 Å². The summed E-state index contributed by atoms with van der Waals surface area (Å²) < 4.78 is 0. The highest BCUT2D eigenvalue weighted by Crippen LogP contribution is 2.26. The molecule has 0 aliphatic carbocycles. The summed E-state index contributed by atoms with van der Waals surface area (Å²) in [6.45, 7) is 2.06. The summed E-state index contributed by atoms with van der Waals surface area (Å²) in [7, 11) is 2.01. The minimum atomic E-state index is 0.534. The van der Waals surface area contributed by atoms with E-state index in [0.29, 0.717) is 11.4 Å². The maximum atomic E-state index is 8.80. The molecule has 2 nitrogen and oxygen atoms in total. The van der Waals surface area contributed by atoms with E-state index in [9.17, 15) is 0 Å². The highest BCUT2D eigenvalue weighted by molar-refractivity contribution is 6.17. The predicted octanol–water partition coefficient (Wildman–Crippen LogP) is 4.37. The first kappa shape index (κ1) is 13.5. The van der Waals surface area contributed by atoms with Crippen molar-refractivity contribution >= 4 is 23.0 Å². The average molecular weight is 271 g/mol. The Labute approximate surface area is 118 Å². The number of aryl methyl sites for hydroxylation is 1. The minimum Gasteiger partial charge on any atom is -0.345 e. The fraction of sp³-hybridized carbons (Fsp3) is 0.188. The lowest BCUT2D eigenvalue weighted by Gasteiger charge is -2.20. The molecule has 0 radical (unpaired) electrons. The zero-order valence-electron chi connectivity index (χ0n) is 11.0. The van der Waals surface area contributed by atoms with Crippen molar-refractivity contribution < 1.29 is 0 Å². The highest BCUT2D eigenvalue weighted by Gasteiger charge is 2.06. The molecule has 96 valence electrons. The predicted molar refractivity (Wildman–Crippen MR) is 80.0 cm³/mol. The van der Waals surface area contributed by atoms with E-state index in [-0.39, 0.29) is 0 Å². The van der Waals surface area contributed by atoms with Crippen molar-refractivity contribution in [1.82, 2.24) is 0 Å². The minimum absolute atomic E-state index is 0.534. The van der Waals surface area contributed by atoms with Crippen molar-refractivity contribution in [2.45, 2.75) is 12.8 Å². The van der Waals surface area contributed by atoms with Crippen LogP contribution in [0, 0.1) is 18.3 Å². The number of hydrogen-bond donors (Lipinski definition) is 0. The molecule has 0 aromatic heterocycles. The van der Waals surface area contributed by atoms with Crippen LogP contribution in [0.5, 0.6) is 0 Å². The summed E-state index contributed by atoms with van der Waals surface area (Å²) >= 11 is 5.87. The first-order chi connectivity index (χ1) is 9.15. The Morgan fingerprint density at radius 2 is 1.74 bits per heavy atom. The second-order valence-corrected chi connectivity index (χ2v) is 4.73. The maximum absolute atomic E-state index is 8.80. The van der Waals surface area contributed by atoms with Gasteiger partial charge >= 0.3 is 0 Å². The van der Waals surface area contributed by atoms with Crippen molar-refractivity contribution in [1.29, 1.82) is 5.26 Å². The Hall–Kier alpha value is -1.98. The van der Waals surface area contributed by atoms with Crippen LogP contribution in [0.1, 0.15) is 16.7 Å². The molecule has 0 amide bonds.